The van der Waals surface area contributed by atoms with Crippen molar-refractivity contribution < 1.29 is 4.79 Å². The van der Waals surface area contributed by atoms with Crippen molar-refractivity contribution in [3.05, 3.63) is 65.5 Å². The van der Waals surface area contributed by atoms with Gasteiger partial charge in [0.15, 0.2) is 0 Å². The number of nitrogens with zero attached hydrogens (tertiary/aromatic N) is 3. The number of fused-ring (bicyclic) bond motifs is 3. The van der Waals surface area contributed by atoms with Crippen LogP contribution in [0.4, 0.5) is 0 Å². The van der Waals surface area contributed by atoms with Crippen LogP contribution in [-0.4, -0.2) is 26.9 Å². The molecule has 1 amide bonds. The molecule has 0 aliphatic carbocycles. The van der Waals surface area contributed by atoms with Crippen molar-refractivity contribution in [3.63, 3.8) is 0 Å². The zero-order valence-electron chi connectivity index (χ0n) is 12.8. The van der Waals surface area contributed by atoms with Gasteiger partial charge in [-0.05, 0) is 23.8 Å². The fraction of sp³-hybridized carbons (Fsp3) is 0.222. The van der Waals surface area contributed by atoms with Crippen LogP contribution in [0.2, 0.25) is 0 Å². The van der Waals surface area contributed by atoms with Gasteiger partial charge in [0.25, 0.3) is 0 Å². The van der Waals surface area contributed by atoms with Gasteiger partial charge in [0.2, 0.25) is 5.91 Å². The molecule has 0 bridgehead atoms. The Balaban J connectivity index is 1.62. The highest BCUT2D eigenvalue weighted by Crippen LogP contribution is 2.22. The van der Waals surface area contributed by atoms with Crippen LogP contribution in [0.15, 0.2) is 48.5 Å². The normalized spacial score (nSPS) is 14.8. The predicted molar refractivity (Wildman–Crippen MR) is 88.8 cm³/mol. The summed E-state index contributed by atoms with van der Waals surface area (Å²) in [5, 5.41) is 0. The second-order valence-corrected chi connectivity index (χ2v) is 5.94. The standard InChI is InChI=1S/C18H18N4O/c19-18(23)14-6-7-16-15(10-14)20-17-12-21(8-9-22(16)17)11-13-4-2-1-3-5-13/h1-7,10H,8-9,11-12H2,(H2,19,23). The number of amides is 1. The van der Waals surface area contributed by atoms with E-state index in [1.165, 1.54) is 5.56 Å². The third kappa shape index (κ3) is 2.59. The van der Waals surface area contributed by atoms with Crippen molar-refractivity contribution in [2.45, 2.75) is 19.6 Å². The Hall–Kier alpha value is -2.66. The van der Waals surface area contributed by atoms with Gasteiger partial charge in [-0.1, -0.05) is 30.3 Å². The number of hydrogen-bond donors (Lipinski definition) is 1. The number of carbonyl (C=O) groups excluding carboxylic acids is 1. The number of imidazole rings is 1. The van der Waals surface area contributed by atoms with Crippen LogP contribution >= 0.6 is 0 Å². The Bertz CT molecular complexity index is 869. The molecular formula is C18H18N4O. The summed E-state index contributed by atoms with van der Waals surface area (Å²) in [7, 11) is 0. The summed E-state index contributed by atoms with van der Waals surface area (Å²) in [5.41, 5.74) is 9.09. The van der Waals surface area contributed by atoms with Gasteiger partial charge in [0.05, 0.1) is 17.6 Å². The predicted octanol–water partition coefficient (Wildman–Crippen LogP) is 2.15. The van der Waals surface area contributed by atoms with Crippen LogP contribution in [-0.2, 0) is 19.6 Å². The van der Waals surface area contributed by atoms with Crippen LogP contribution < -0.4 is 5.73 Å². The molecule has 116 valence electrons. The van der Waals surface area contributed by atoms with E-state index in [-0.39, 0.29) is 0 Å². The van der Waals surface area contributed by atoms with Gasteiger partial charge in [-0.15, -0.1) is 0 Å². The van der Waals surface area contributed by atoms with Gasteiger partial charge < -0.3 is 10.3 Å². The van der Waals surface area contributed by atoms with E-state index in [0.29, 0.717) is 5.56 Å². The molecule has 4 rings (SSSR count). The van der Waals surface area contributed by atoms with Crippen LogP contribution in [0.1, 0.15) is 21.7 Å². The lowest BCUT2D eigenvalue weighted by Crippen LogP contribution is -2.33. The van der Waals surface area contributed by atoms with Crippen molar-refractivity contribution in [3.8, 4) is 0 Å². The molecule has 2 aromatic carbocycles. The average molecular weight is 306 g/mol. The lowest BCUT2D eigenvalue weighted by molar-refractivity contribution is 0.100. The van der Waals surface area contributed by atoms with Gasteiger partial charge >= 0.3 is 0 Å². The second kappa shape index (κ2) is 5.52. The first-order chi connectivity index (χ1) is 11.2. The van der Waals surface area contributed by atoms with E-state index in [2.05, 4.69) is 33.7 Å². The fourth-order valence-electron chi connectivity index (χ4n) is 3.20. The minimum absolute atomic E-state index is 0.413. The van der Waals surface area contributed by atoms with Gasteiger partial charge in [0, 0.05) is 25.2 Å². The van der Waals surface area contributed by atoms with Crippen LogP contribution in [0.25, 0.3) is 11.0 Å². The molecule has 0 atom stereocenters. The Labute approximate surface area is 134 Å². The number of carbonyl (C=O) groups is 1. The Morgan fingerprint density at radius 2 is 1.96 bits per heavy atom. The Morgan fingerprint density at radius 1 is 1.13 bits per heavy atom. The van der Waals surface area contributed by atoms with E-state index in [9.17, 15) is 4.79 Å². The molecule has 23 heavy (non-hydrogen) atoms. The van der Waals surface area contributed by atoms with Crippen molar-refractivity contribution in [2.75, 3.05) is 6.54 Å². The van der Waals surface area contributed by atoms with Crippen molar-refractivity contribution in [1.82, 2.24) is 14.5 Å². The topological polar surface area (TPSA) is 64.2 Å². The SMILES string of the molecule is NC(=O)c1ccc2c(c1)nc1n2CCN(Cc2ccccc2)C1. The Morgan fingerprint density at radius 3 is 2.74 bits per heavy atom. The quantitative estimate of drug-likeness (QED) is 0.806. The maximum atomic E-state index is 11.3. The van der Waals surface area contributed by atoms with Crippen molar-refractivity contribution in [2.24, 2.45) is 5.73 Å². The van der Waals surface area contributed by atoms with Crippen LogP contribution in [0, 0.1) is 0 Å². The number of aromatic nitrogens is 2. The smallest absolute Gasteiger partial charge is 0.248 e. The zero-order valence-corrected chi connectivity index (χ0v) is 12.8. The molecule has 1 aliphatic rings. The van der Waals surface area contributed by atoms with Gasteiger partial charge in [-0.3, -0.25) is 9.69 Å². The Kier molecular flexibility index (Phi) is 3.35. The molecule has 2 N–H and O–H groups in total. The highest BCUT2D eigenvalue weighted by Gasteiger charge is 2.20. The highest BCUT2D eigenvalue weighted by atomic mass is 16.1. The maximum absolute atomic E-state index is 11.3. The first-order valence-electron chi connectivity index (χ1n) is 7.76. The second-order valence-electron chi connectivity index (χ2n) is 5.94. The van der Waals surface area contributed by atoms with E-state index < -0.39 is 5.91 Å². The summed E-state index contributed by atoms with van der Waals surface area (Å²) in [6.45, 7) is 3.64. The molecule has 5 heteroatoms. The largest absolute Gasteiger partial charge is 0.366 e. The molecule has 1 aromatic heterocycles. The van der Waals surface area contributed by atoms with Crippen molar-refractivity contribution in [1.29, 1.82) is 0 Å². The lowest BCUT2D eigenvalue weighted by Gasteiger charge is -2.27. The van der Waals surface area contributed by atoms with E-state index in [4.69, 9.17) is 10.7 Å². The average Bonchev–Trinajstić information content (AvgIpc) is 2.92. The van der Waals surface area contributed by atoms with Gasteiger partial charge in [0.1, 0.15) is 5.82 Å². The fourth-order valence-corrected chi connectivity index (χ4v) is 3.20. The maximum Gasteiger partial charge on any atom is 0.248 e. The third-order valence-corrected chi connectivity index (χ3v) is 4.37. The van der Waals surface area contributed by atoms with Gasteiger partial charge in [-0.25, -0.2) is 4.98 Å². The number of rotatable bonds is 3. The molecule has 3 aromatic rings. The molecule has 0 unspecified atom stereocenters. The van der Waals surface area contributed by atoms with Crippen LogP contribution in [0.5, 0.6) is 0 Å². The first-order valence-corrected chi connectivity index (χ1v) is 7.76. The summed E-state index contributed by atoms with van der Waals surface area (Å²) in [4.78, 5) is 18.4. The number of primary amides is 1. The molecule has 1 aliphatic heterocycles. The summed E-state index contributed by atoms with van der Waals surface area (Å²) < 4.78 is 2.24. The molecule has 0 saturated heterocycles. The molecular weight excluding hydrogens is 288 g/mol. The minimum atomic E-state index is -0.413. The zero-order chi connectivity index (χ0) is 15.8. The number of nitrogens with two attached hydrogens (primary N) is 1. The molecule has 0 radical (unpaired) electrons. The summed E-state index contributed by atoms with van der Waals surface area (Å²) in [6.07, 6.45) is 0. The monoisotopic (exact) mass is 306 g/mol. The number of hydrogen-bond acceptors (Lipinski definition) is 3. The van der Waals surface area contributed by atoms with E-state index in [0.717, 1.165) is 43.0 Å². The highest BCUT2D eigenvalue weighted by molar-refractivity contribution is 5.96. The van der Waals surface area contributed by atoms with E-state index in [1.807, 2.05) is 12.1 Å². The molecule has 0 fully saturated rings. The van der Waals surface area contributed by atoms with Gasteiger partial charge in [-0.2, -0.15) is 0 Å². The minimum Gasteiger partial charge on any atom is -0.366 e. The van der Waals surface area contributed by atoms with E-state index in [1.54, 1.807) is 12.1 Å². The van der Waals surface area contributed by atoms with Crippen LogP contribution in [0.3, 0.4) is 0 Å². The molecule has 0 spiro atoms. The number of benzene rings is 2. The third-order valence-electron chi connectivity index (χ3n) is 4.37. The summed E-state index contributed by atoms with van der Waals surface area (Å²) in [5.74, 6) is 0.632. The molecule has 2 heterocycles. The lowest BCUT2D eigenvalue weighted by atomic mass is 10.2. The van der Waals surface area contributed by atoms with Crippen molar-refractivity contribution >= 4 is 16.9 Å². The first kappa shape index (κ1) is 14.0. The molecule has 0 saturated carbocycles. The summed E-state index contributed by atoms with van der Waals surface area (Å²) >= 11 is 0. The van der Waals surface area contributed by atoms with E-state index >= 15 is 0 Å². The molecule has 5 nitrogen and oxygen atoms in total. The summed E-state index contributed by atoms with van der Waals surface area (Å²) in [6, 6.07) is 16.0.